The van der Waals surface area contributed by atoms with Gasteiger partial charge in [-0.3, -0.25) is 0 Å². The Morgan fingerprint density at radius 2 is 1.80 bits per heavy atom. The van der Waals surface area contributed by atoms with Crippen molar-refractivity contribution in [1.29, 1.82) is 0 Å². The number of nitrogens with zero attached hydrogens (tertiary/aromatic N) is 1. The minimum atomic E-state index is -0.0602. The molecule has 0 atom stereocenters. The minimum absolute atomic E-state index is 0.0602. The number of carbonyl (C=O) groups is 1. The smallest absolute Gasteiger partial charge is 0.322 e. The van der Waals surface area contributed by atoms with E-state index in [9.17, 15) is 4.79 Å². The van der Waals surface area contributed by atoms with Crippen LogP contribution in [0.3, 0.4) is 0 Å². The van der Waals surface area contributed by atoms with Crippen LogP contribution in [0.25, 0.3) is 0 Å². The molecule has 2 amide bonds. The van der Waals surface area contributed by atoms with E-state index in [1.807, 2.05) is 54.3 Å². The van der Waals surface area contributed by atoms with Gasteiger partial charge in [0.25, 0.3) is 0 Å². The molecule has 0 spiro atoms. The van der Waals surface area contributed by atoms with Crippen LogP contribution < -0.4 is 5.32 Å². The highest BCUT2D eigenvalue weighted by Gasteiger charge is 2.15. The lowest BCUT2D eigenvalue weighted by molar-refractivity contribution is 0.182. The van der Waals surface area contributed by atoms with Crippen LogP contribution in [0.5, 0.6) is 0 Å². The lowest BCUT2D eigenvalue weighted by atomic mass is 10.1. The lowest BCUT2D eigenvalue weighted by Crippen LogP contribution is -2.35. The van der Waals surface area contributed by atoms with Crippen LogP contribution >= 0.6 is 0 Å². The van der Waals surface area contributed by atoms with Crippen molar-refractivity contribution < 1.29 is 9.53 Å². The van der Waals surface area contributed by atoms with Gasteiger partial charge in [0, 0.05) is 32.5 Å². The highest BCUT2D eigenvalue weighted by Crippen LogP contribution is 2.19. The standard InChI is InChI=1S/C21H28N2O2/c1-17-10-9-13-20(18(17)2)22-21(24)23(14-7-8-15-25-3)16-19-11-5-4-6-12-19/h4-6,9-13H,7-8,14-16H2,1-3H3,(H,22,24). The van der Waals surface area contributed by atoms with E-state index in [4.69, 9.17) is 4.74 Å². The molecule has 1 N–H and O–H groups in total. The number of ether oxygens (including phenoxy) is 1. The summed E-state index contributed by atoms with van der Waals surface area (Å²) in [5.41, 5.74) is 4.28. The molecule has 0 saturated carbocycles. The highest BCUT2D eigenvalue weighted by molar-refractivity contribution is 5.90. The predicted octanol–water partition coefficient (Wildman–Crippen LogP) is 4.76. The second kappa shape index (κ2) is 9.84. The normalized spacial score (nSPS) is 10.5. The van der Waals surface area contributed by atoms with Crippen molar-refractivity contribution in [3.05, 3.63) is 65.2 Å². The van der Waals surface area contributed by atoms with Gasteiger partial charge < -0.3 is 15.0 Å². The number of nitrogens with one attached hydrogen (secondary N) is 1. The van der Waals surface area contributed by atoms with Crippen molar-refractivity contribution in [3.8, 4) is 0 Å². The fraction of sp³-hybridized carbons (Fsp3) is 0.381. The maximum absolute atomic E-state index is 12.8. The van der Waals surface area contributed by atoms with Gasteiger partial charge in [-0.2, -0.15) is 0 Å². The monoisotopic (exact) mass is 340 g/mol. The van der Waals surface area contributed by atoms with Gasteiger partial charge in [-0.05, 0) is 49.4 Å². The summed E-state index contributed by atoms with van der Waals surface area (Å²) < 4.78 is 5.11. The second-order valence-electron chi connectivity index (χ2n) is 6.28. The van der Waals surface area contributed by atoms with Gasteiger partial charge in [0.15, 0.2) is 0 Å². The maximum Gasteiger partial charge on any atom is 0.322 e. The summed E-state index contributed by atoms with van der Waals surface area (Å²) in [7, 11) is 1.70. The first kappa shape index (κ1) is 19.0. The zero-order chi connectivity index (χ0) is 18.1. The predicted molar refractivity (Wildman–Crippen MR) is 103 cm³/mol. The fourth-order valence-electron chi connectivity index (χ4n) is 2.69. The molecule has 0 aromatic heterocycles. The van der Waals surface area contributed by atoms with Crippen molar-refractivity contribution in [2.45, 2.75) is 33.2 Å². The van der Waals surface area contributed by atoms with E-state index >= 15 is 0 Å². The molecule has 25 heavy (non-hydrogen) atoms. The number of carbonyl (C=O) groups excluding carboxylic acids is 1. The molecular weight excluding hydrogens is 312 g/mol. The first-order valence-corrected chi connectivity index (χ1v) is 8.77. The van der Waals surface area contributed by atoms with Gasteiger partial charge in [-0.15, -0.1) is 0 Å². The Labute approximate surface area is 150 Å². The number of rotatable bonds is 8. The summed E-state index contributed by atoms with van der Waals surface area (Å²) in [5.74, 6) is 0. The van der Waals surface area contributed by atoms with E-state index < -0.39 is 0 Å². The van der Waals surface area contributed by atoms with Crippen LogP contribution in [0.1, 0.15) is 29.5 Å². The highest BCUT2D eigenvalue weighted by atomic mass is 16.5. The Morgan fingerprint density at radius 1 is 1.04 bits per heavy atom. The van der Waals surface area contributed by atoms with Crippen LogP contribution in [0.15, 0.2) is 48.5 Å². The van der Waals surface area contributed by atoms with E-state index in [1.54, 1.807) is 7.11 Å². The Hall–Kier alpha value is -2.33. The molecule has 0 saturated heterocycles. The van der Waals surface area contributed by atoms with Crippen LogP contribution in [0.2, 0.25) is 0 Å². The molecule has 0 aliphatic heterocycles. The third-order valence-corrected chi connectivity index (χ3v) is 4.38. The largest absolute Gasteiger partial charge is 0.385 e. The number of benzene rings is 2. The van der Waals surface area contributed by atoms with Crippen molar-refractivity contribution in [1.82, 2.24) is 4.90 Å². The molecule has 0 unspecified atom stereocenters. The van der Waals surface area contributed by atoms with E-state index in [0.29, 0.717) is 13.1 Å². The summed E-state index contributed by atoms with van der Waals surface area (Å²) in [5, 5.41) is 3.07. The third kappa shape index (κ3) is 5.91. The molecule has 0 radical (unpaired) electrons. The van der Waals surface area contributed by atoms with Gasteiger partial charge >= 0.3 is 6.03 Å². The lowest BCUT2D eigenvalue weighted by Gasteiger charge is -2.24. The van der Waals surface area contributed by atoms with Crippen LogP contribution in [-0.4, -0.2) is 31.2 Å². The van der Waals surface area contributed by atoms with E-state index in [-0.39, 0.29) is 6.03 Å². The van der Waals surface area contributed by atoms with Gasteiger partial charge in [0.1, 0.15) is 0 Å². The molecular formula is C21H28N2O2. The number of hydrogen-bond acceptors (Lipinski definition) is 2. The number of amides is 2. The number of unbranched alkanes of at least 4 members (excludes halogenated alkanes) is 1. The molecule has 134 valence electrons. The van der Waals surface area contributed by atoms with Crippen LogP contribution in [0, 0.1) is 13.8 Å². The zero-order valence-electron chi connectivity index (χ0n) is 15.4. The van der Waals surface area contributed by atoms with Gasteiger partial charge in [-0.1, -0.05) is 42.5 Å². The number of hydrogen-bond donors (Lipinski definition) is 1. The van der Waals surface area contributed by atoms with E-state index in [2.05, 4.69) is 18.3 Å². The molecule has 4 heteroatoms. The van der Waals surface area contributed by atoms with Gasteiger partial charge in [-0.25, -0.2) is 4.79 Å². The molecule has 0 aliphatic rings. The van der Waals surface area contributed by atoms with Gasteiger partial charge in [0.05, 0.1) is 0 Å². The second-order valence-corrected chi connectivity index (χ2v) is 6.28. The molecule has 0 aliphatic carbocycles. The van der Waals surface area contributed by atoms with E-state index in [1.165, 1.54) is 5.56 Å². The molecule has 2 aromatic rings. The number of aryl methyl sites for hydroxylation is 1. The van der Waals surface area contributed by atoms with Crippen molar-refractivity contribution in [3.63, 3.8) is 0 Å². The third-order valence-electron chi connectivity index (χ3n) is 4.38. The molecule has 4 nitrogen and oxygen atoms in total. The van der Waals surface area contributed by atoms with E-state index in [0.717, 1.165) is 36.3 Å². The maximum atomic E-state index is 12.8. The van der Waals surface area contributed by atoms with Crippen molar-refractivity contribution in [2.75, 3.05) is 25.6 Å². The molecule has 2 rings (SSSR count). The Bertz CT molecular complexity index is 671. The first-order valence-electron chi connectivity index (χ1n) is 8.77. The Kier molecular flexibility index (Phi) is 7.48. The molecule has 0 fully saturated rings. The molecule has 2 aromatic carbocycles. The number of methoxy groups -OCH3 is 1. The number of urea groups is 1. The summed E-state index contributed by atoms with van der Waals surface area (Å²) in [6.07, 6.45) is 1.86. The average molecular weight is 340 g/mol. The average Bonchev–Trinajstić information content (AvgIpc) is 2.62. The molecule has 0 heterocycles. The fourth-order valence-corrected chi connectivity index (χ4v) is 2.69. The Morgan fingerprint density at radius 3 is 2.52 bits per heavy atom. The van der Waals surface area contributed by atoms with Crippen LogP contribution in [-0.2, 0) is 11.3 Å². The SMILES string of the molecule is COCCCCN(Cc1ccccc1)C(=O)Nc1cccc(C)c1C. The topological polar surface area (TPSA) is 41.6 Å². The van der Waals surface area contributed by atoms with Crippen molar-refractivity contribution in [2.24, 2.45) is 0 Å². The van der Waals surface area contributed by atoms with Crippen LogP contribution in [0.4, 0.5) is 10.5 Å². The summed E-state index contributed by atoms with van der Waals surface area (Å²) >= 11 is 0. The minimum Gasteiger partial charge on any atom is -0.385 e. The number of anilines is 1. The summed E-state index contributed by atoms with van der Waals surface area (Å²) in [6.45, 7) is 6.11. The molecule has 0 bridgehead atoms. The Balaban J connectivity index is 2.06. The van der Waals surface area contributed by atoms with Crippen molar-refractivity contribution >= 4 is 11.7 Å². The zero-order valence-corrected chi connectivity index (χ0v) is 15.4. The quantitative estimate of drug-likeness (QED) is 0.704. The van der Waals surface area contributed by atoms with Gasteiger partial charge in [0.2, 0.25) is 0 Å². The summed E-state index contributed by atoms with van der Waals surface area (Å²) in [6, 6.07) is 16.0. The summed E-state index contributed by atoms with van der Waals surface area (Å²) in [4.78, 5) is 14.7. The first-order chi connectivity index (χ1) is 12.1.